The first-order chi connectivity index (χ1) is 8.22. The number of rotatable bonds is 6. The van der Waals surface area contributed by atoms with Gasteiger partial charge in [-0.05, 0) is 37.0 Å². The summed E-state index contributed by atoms with van der Waals surface area (Å²) in [7, 11) is 1.59. The van der Waals surface area contributed by atoms with Crippen LogP contribution in [-0.4, -0.2) is 13.7 Å². The monoisotopic (exact) mass is 252 g/mol. The van der Waals surface area contributed by atoms with E-state index in [1.165, 1.54) is 5.57 Å². The van der Waals surface area contributed by atoms with Gasteiger partial charge in [0.15, 0.2) is 5.88 Å². The molecular weight excluding hydrogens is 224 g/mol. The third-order valence-corrected chi connectivity index (χ3v) is 3.14. The van der Waals surface area contributed by atoms with E-state index in [1.54, 1.807) is 7.11 Å². The quantitative estimate of drug-likeness (QED) is 0.563. The zero-order valence-corrected chi connectivity index (χ0v) is 12.7. The van der Waals surface area contributed by atoms with Gasteiger partial charge in [0.25, 0.3) is 0 Å². The summed E-state index contributed by atoms with van der Waals surface area (Å²) >= 11 is 0. The van der Waals surface area contributed by atoms with Crippen molar-refractivity contribution < 1.29 is 4.74 Å². The Bertz CT molecular complexity index is 346. The average Bonchev–Trinajstić information content (AvgIpc) is 2.28. The van der Waals surface area contributed by atoms with Gasteiger partial charge in [0.05, 0.1) is 7.11 Å². The third-order valence-electron chi connectivity index (χ3n) is 3.14. The Kier molecular flexibility index (Phi) is 6.60. The van der Waals surface area contributed by atoms with E-state index < -0.39 is 0 Å². The number of nitrogens with one attached hydrogen (secondary N) is 1. The third kappa shape index (κ3) is 5.80. The zero-order chi connectivity index (χ0) is 14.3. The lowest BCUT2D eigenvalue weighted by molar-refractivity contribution is 0.266. The molecule has 0 aromatic carbocycles. The molecule has 0 aliphatic heterocycles. The van der Waals surface area contributed by atoms with Gasteiger partial charge in [-0.25, -0.2) is 0 Å². The van der Waals surface area contributed by atoms with Gasteiger partial charge in [0.1, 0.15) is 0 Å². The smallest absolute Gasteiger partial charge is 0.179 e. The number of allylic oxidation sites excluding steroid dienone is 2. The molecule has 0 heterocycles. The highest BCUT2D eigenvalue weighted by atomic mass is 16.5. The van der Waals surface area contributed by atoms with Crippen molar-refractivity contribution in [1.29, 1.82) is 0 Å². The van der Waals surface area contributed by atoms with Gasteiger partial charge in [-0.1, -0.05) is 33.3 Å². The van der Waals surface area contributed by atoms with Crippen molar-refractivity contribution in [3.8, 4) is 0 Å². The van der Waals surface area contributed by atoms with E-state index in [0.717, 1.165) is 17.7 Å². The second-order valence-electron chi connectivity index (χ2n) is 5.47. The van der Waals surface area contributed by atoms with Crippen LogP contribution in [0.1, 0.15) is 41.0 Å². The molecule has 0 amide bonds. The Morgan fingerprint density at radius 1 is 1.39 bits per heavy atom. The number of ether oxygens (including phenoxy) is 1. The Labute approximate surface area is 112 Å². The number of methoxy groups -OCH3 is 1. The summed E-state index contributed by atoms with van der Waals surface area (Å²) in [6.07, 6.45) is 2.97. The molecule has 0 fully saturated rings. The lowest BCUT2D eigenvalue weighted by atomic mass is 9.87. The molecule has 0 unspecified atom stereocenters. The van der Waals surface area contributed by atoms with E-state index in [2.05, 4.69) is 52.6 Å². The predicted octanol–water partition coefficient (Wildman–Crippen LogP) is 3.31. The van der Waals surface area contributed by atoms with Gasteiger partial charge in [0, 0.05) is 12.2 Å². The molecule has 0 aromatic rings. The van der Waals surface area contributed by atoms with E-state index in [4.69, 9.17) is 10.5 Å². The highest BCUT2D eigenvalue weighted by molar-refractivity contribution is 5.28. The SMILES string of the molecule is C=C(NC/C(CC)=C(N)\C=C(/C)C(C)(C)C)OC. The predicted molar refractivity (Wildman–Crippen MR) is 78.9 cm³/mol. The first-order valence-corrected chi connectivity index (χ1v) is 6.35. The van der Waals surface area contributed by atoms with E-state index in [-0.39, 0.29) is 5.41 Å². The second kappa shape index (κ2) is 7.14. The molecule has 3 heteroatoms. The van der Waals surface area contributed by atoms with Crippen LogP contribution in [0.3, 0.4) is 0 Å². The maximum atomic E-state index is 6.15. The number of hydrogen-bond donors (Lipinski definition) is 2. The van der Waals surface area contributed by atoms with Gasteiger partial charge in [-0.3, -0.25) is 0 Å². The molecule has 0 atom stereocenters. The molecule has 0 bridgehead atoms. The summed E-state index contributed by atoms with van der Waals surface area (Å²) in [5.74, 6) is 0.560. The largest absolute Gasteiger partial charge is 0.483 e. The van der Waals surface area contributed by atoms with Crippen LogP contribution in [0.15, 0.2) is 35.4 Å². The van der Waals surface area contributed by atoms with Crippen LogP contribution >= 0.6 is 0 Å². The van der Waals surface area contributed by atoms with Crippen molar-refractivity contribution in [1.82, 2.24) is 5.32 Å². The highest BCUT2D eigenvalue weighted by Crippen LogP contribution is 2.25. The Balaban J connectivity index is 4.88. The molecule has 3 nitrogen and oxygen atoms in total. The molecule has 0 aliphatic rings. The van der Waals surface area contributed by atoms with Crippen LogP contribution in [0.25, 0.3) is 0 Å². The van der Waals surface area contributed by atoms with E-state index in [9.17, 15) is 0 Å². The minimum atomic E-state index is 0.146. The van der Waals surface area contributed by atoms with Crippen molar-refractivity contribution in [3.63, 3.8) is 0 Å². The number of hydrogen-bond acceptors (Lipinski definition) is 3. The van der Waals surface area contributed by atoms with Crippen LogP contribution in [0.2, 0.25) is 0 Å². The summed E-state index contributed by atoms with van der Waals surface area (Å²) in [5, 5.41) is 3.09. The Morgan fingerprint density at radius 2 is 1.94 bits per heavy atom. The zero-order valence-electron chi connectivity index (χ0n) is 12.7. The second-order valence-corrected chi connectivity index (χ2v) is 5.47. The fraction of sp³-hybridized carbons (Fsp3) is 0.600. The maximum absolute atomic E-state index is 6.15. The van der Waals surface area contributed by atoms with Crippen LogP contribution in [0.4, 0.5) is 0 Å². The van der Waals surface area contributed by atoms with Crippen molar-refractivity contribution >= 4 is 0 Å². The molecule has 3 N–H and O–H groups in total. The van der Waals surface area contributed by atoms with Crippen molar-refractivity contribution in [2.24, 2.45) is 11.1 Å². The summed E-state index contributed by atoms with van der Waals surface area (Å²) < 4.78 is 4.98. The molecule has 104 valence electrons. The lowest BCUT2D eigenvalue weighted by Crippen LogP contribution is -2.19. The van der Waals surface area contributed by atoms with Gasteiger partial charge in [0.2, 0.25) is 0 Å². The topological polar surface area (TPSA) is 47.3 Å². The summed E-state index contributed by atoms with van der Waals surface area (Å²) in [4.78, 5) is 0. The van der Waals surface area contributed by atoms with Crippen molar-refractivity contribution in [3.05, 3.63) is 35.4 Å². The van der Waals surface area contributed by atoms with Crippen molar-refractivity contribution in [2.75, 3.05) is 13.7 Å². The summed E-state index contributed by atoms with van der Waals surface area (Å²) in [5.41, 5.74) is 9.57. The highest BCUT2D eigenvalue weighted by Gasteiger charge is 2.13. The molecule has 18 heavy (non-hydrogen) atoms. The van der Waals surface area contributed by atoms with Crippen molar-refractivity contribution in [2.45, 2.75) is 41.0 Å². The molecule has 0 saturated heterocycles. The molecular formula is C15H28N2O. The van der Waals surface area contributed by atoms with Gasteiger partial charge in [-0.15, -0.1) is 0 Å². The van der Waals surface area contributed by atoms with Gasteiger partial charge in [-0.2, -0.15) is 0 Å². The van der Waals surface area contributed by atoms with Crippen LogP contribution in [0.5, 0.6) is 0 Å². The molecule has 0 saturated carbocycles. The molecule has 0 aromatic heterocycles. The summed E-state index contributed by atoms with van der Waals surface area (Å²) in [6, 6.07) is 0. The van der Waals surface area contributed by atoms with E-state index in [0.29, 0.717) is 12.4 Å². The Hall–Kier alpha value is -1.38. The minimum Gasteiger partial charge on any atom is -0.483 e. The molecule has 0 radical (unpaired) electrons. The first-order valence-electron chi connectivity index (χ1n) is 6.35. The van der Waals surface area contributed by atoms with Crippen LogP contribution in [0, 0.1) is 5.41 Å². The average molecular weight is 252 g/mol. The fourth-order valence-electron chi connectivity index (χ4n) is 1.26. The van der Waals surface area contributed by atoms with E-state index in [1.807, 2.05) is 0 Å². The Morgan fingerprint density at radius 3 is 2.33 bits per heavy atom. The standard InChI is InChI=1S/C15H28N2O/c1-8-13(10-17-12(3)18-7)14(16)9-11(2)15(4,5)6/h9,17H,3,8,10,16H2,1-2,4-7H3/b11-9+,14-13+. The van der Waals surface area contributed by atoms with Crippen LogP contribution < -0.4 is 11.1 Å². The van der Waals surface area contributed by atoms with Crippen LogP contribution in [-0.2, 0) is 4.74 Å². The lowest BCUT2D eigenvalue weighted by Gasteiger charge is -2.20. The van der Waals surface area contributed by atoms with Gasteiger partial charge < -0.3 is 15.8 Å². The minimum absolute atomic E-state index is 0.146. The molecule has 0 spiro atoms. The fourth-order valence-corrected chi connectivity index (χ4v) is 1.26. The first kappa shape index (κ1) is 16.6. The number of nitrogens with two attached hydrogens (primary N) is 1. The van der Waals surface area contributed by atoms with Gasteiger partial charge >= 0.3 is 0 Å². The molecule has 0 rings (SSSR count). The summed E-state index contributed by atoms with van der Waals surface area (Å²) in [6.45, 7) is 15.2. The maximum Gasteiger partial charge on any atom is 0.179 e. The molecule has 0 aliphatic carbocycles. The van der Waals surface area contributed by atoms with E-state index >= 15 is 0 Å². The normalized spacial score (nSPS) is 14.0.